The second-order valence-corrected chi connectivity index (χ2v) is 15.7. The van der Waals surface area contributed by atoms with Crippen molar-refractivity contribution in [2.24, 2.45) is 62.6 Å². The quantitative estimate of drug-likeness (QED) is 0.445. The van der Waals surface area contributed by atoms with Gasteiger partial charge in [0, 0.05) is 6.42 Å². The largest absolute Gasteiger partial charge is 0.481 e. The van der Waals surface area contributed by atoms with E-state index in [1.807, 2.05) is 0 Å². The molecule has 5 aliphatic rings. The topological polar surface area (TPSA) is 37.3 Å². The fourth-order valence-electron chi connectivity index (χ4n) is 12.6. The van der Waals surface area contributed by atoms with Crippen LogP contribution < -0.4 is 0 Å². The maximum atomic E-state index is 11.2. The Morgan fingerprint density at radius 1 is 0.765 bits per heavy atom. The molecule has 0 aromatic heterocycles. The first-order valence-electron chi connectivity index (χ1n) is 15.0. The molecule has 194 valence electrons. The van der Waals surface area contributed by atoms with E-state index >= 15 is 0 Å². The van der Waals surface area contributed by atoms with E-state index in [0.29, 0.717) is 39.4 Å². The lowest BCUT2D eigenvalue weighted by Crippen LogP contribution is -2.65. The standard InChI is InChI=1S/C32H54O2/c1-21(9-12-27(33)34)22-13-18-29(4)23(22)14-19-31(6)25(29)10-11-26-30(5)17-8-16-28(2,3)24(30)15-20-32(26,31)7/h21-26H,8-20H2,1-7H3,(H,33,34)/t21-,22+,23-,24+,25+,26+,29-,30-,31+,32+/m0/s1. The average Bonchev–Trinajstić information content (AvgIpc) is 3.09. The molecule has 0 heterocycles. The van der Waals surface area contributed by atoms with Crippen molar-refractivity contribution >= 4 is 5.97 Å². The maximum absolute atomic E-state index is 11.2. The van der Waals surface area contributed by atoms with E-state index in [-0.39, 0.29) is 0 Å². The Morgan fingerprint density at radius 3 is 2.03 bits per heavy atom. The lowest BCUT2D eigenvalue weighted by atomic mass is 9.32. The molecule has 0 saturated heterocycles. The molecule has 5 rings (SSSR count). The van der Waals surface area contributed by atoms with E-state index < -0.39 is 5.97 Å². The lowest BCUT2D eigenvalue weighted by Gasteiger charge is -2.73. The zero-order valence-corrected chi connectivity index (χ0v) is 23.5. The van der Waals surface area contributed by atoms with Crippen LogP contribution in [0.15, 0.2) is 0 Å². The van der Waals surface area contributed by atoms with Gasteiger partial charge < -0.3 is 5.11 Å². The summed E-state index contributed by atoms with van der Waals surface area (Å²) >= 11 is 0. The summed E-state index contributed by atoms with van der Waals surface area (Å²) < 4.78 is 0. The van der Waals surface area contributed by atoms with Gasteiger partial charge in [-0.15, -0.1) is 0 Å². The predicted octanol–water partition coefficient (Wildman–Crippen LogP) is 8.98. The number of aliphatic carboxylic acids is 1. The molecular weight excluding hydrogens is 416 g/mol. The molecule has 1 N–H and O–H groups in total. The van der Waals surface area contributed by atoms with Gasteiger partial charge in [0.2, 0.25) is 0 Å². The molecule has 0 aromatic rings. The highest BCUT2D eigenvalue weighted by Gasteiger charge is 2.70. The highest BCUT2D eigenvalue weighted by Crippen LogP contribution is 2.78. The van der Waals surface area contributed by atoms with Gasteiger partial charge in [-0.25, -0.2) is 0 Å². The van der Waals surface area contributed by atoms with Gasteiger partial charge in [0.25, 0.3) is 0 Å². The predicted molar refractivity (Wildman–Crippen MR) is 140 cm³/mol. The summed E-state index contributed by atoms with van der Waals surface area (Å²) in [4.78, 5) is 11.2. The van der Waals surface area contributed by atoms with Crippen LogP contribution in [0.25, 0.3) is 0 Å². The number of carboxylic acids is 1. The van der Waals surface area contributed by atoms with E-state index in [2.05, 4.69) is 48.5 Å². The minimum Gasteiger partial charge on any atom is -0.481 e. The molecule has 5 fully saturated rings. The van der Waals surface area contributed by atoms with E-state index in [4.69, 9.17) is 0 Å². The third-order valence-corrected chi connectivity index (χ3v) is 14.3. The van der Waals surface area contributed by atoms with E-state index in [0.717, 1.165) is 36.0 Å². The average molecular weight is 471 g/mol. The maximum Gasteiger partial charge on any atom is 0.303 e. The van der Waals surface area contributed by atoms with Crippen molar-refractivity contribution in [1.82, 2.24) is 0 Å². The highest BCUT2D eigenvalue weighted by molar-refractivity contribution is 5.66. The fraction of sp³-hybridized carbons (Fsp3) is 0.969. The molecule has 5 aliphatic carbocycles. The molecule has 2 nitrogen and oxygen atoms in total. The van der Waals surface area contributed by atoms with Crippen molar-refractivity contribution in [3.05, 3.63) is 0 Å². The lowest BCUT2D eigenvalue weighted by molar-refractivity contribution is -0.241. The van der Waals surface area contributed by atoms with Gasteiger partial charge in [-0.3, -0.25) is 4.79 Å². The van der Waals surface area contributed by atoms with E-state index in [1.165, 1.54) is 70.6 Å². The zero-order chi connectivity index (χ0) is 24.7. The molecule has 0 bridgehead atoms. The monoisotopic (exact) mass is 470 g/mol. The zero-order valence-electron chi connectivity index (χ0n) is 23.5. The molecule has 2 heteroatoms. The van der Waals surface area contributed by atoms with Gasteiger partial charge in [0.1, 0.15) is 0 Å². The second-order valence-electron chi connectivity index (χ2n) is 15.7. The van der Waals surface area contributed by atoms with E-state index in [1.54, 1.807) is 0 Å². The Bertz CT molecular complexity index is 816. The number of rotatable bonds is 4. The molecule has 0 radical (unpaired) electrons. The van der Waals surface area contributed by atoms with Crippen LogP contribution in [0.3, 0.4) is 0 Å². The molecule has 0 unspecified atom stereocenters. The van der Waals surface area contributed by atoms with Gasteiger partial charge in [-0.2, -0.15) is 0 Å². The van der Waals surface area contributed by atoms with Crippen molar-refractivity contribution in [2.75, 3.05) is 0 Å². The van der Waals surface area contributed by atoms with Crippen LogP contribution in [0.2, 0.25) is 0 Å². The third kappa shape index (κ3) is 3.27. The third-order valence-electron chi connectivity index (χ3n) is 14.3. The minimum atomic E-state index is -0.620. The Hall–Kier alpha value is -0.530. The normalized spacial score (nSPS) is 52.6. The van der Waals surface area contributed by atoms with Crippen LogP contribution in [-0.2, 0) is 4.79 Å². The van der Waals surface area contributed by atoms with Crippen LogP contribution in [-0.4, -0.2) is 11.1 Å². The number of hydrogen-bond donors (Lipinski definition) is 1. The Balaban J connectivity index is 1.43. The molecule has 10 atom stereocenters. The van der Waals surface area contributed by atoms with Crippen LogP contribution >= 0.6 is 0 Å². The molecule has 5 saturated carbocycles. The first kappa shape index (κ1) is 25.1. The summed E-state index contributed by atoms with van der Waals surface area (Å²) in [5, 5.41) is 9.25. The fourth-order valence-corrected chi connectivity index (χ4v) is 12.6. The first-order chi connectivity index (χ1) is 15.8. The van der Waals surface area contributed by atoms with Gasteiger partial charge >= 0.3 is 5.97 Å². The highest BCUT2D eigenvalue weighted by atomic mass is 16.4. The summed E-state index contributed by atoms with van der Waals surface area (Å²) in [5.41, 5.74) is 2.46. The smallest absolute Gasteiger partial charge is 0.303 e. The van der Waals surface area contributed by atoms with Gasteiger partial charge in [0.15, 0.2) is 0 Å². The van der Waals surface area contributed by atoms with Crippen molar-refractivity contribution in [3.63, 3.8) is 0 Å². The Labute approximate surface area is 210 Å². The van der Waals surface area contributed by atoms with Gasteiger partial charge in [-0.1, -0.05) is 54.9 Å². The summed E-state index contributed by atoms with van der Waals surface area (Å²) in [5.74, 6) is 4.15. The first-order valence-corrected chi connectivity index (χ1v) is 15.0. The number of hydrogen-bond acceptors (Lipinski definition) is 1. The molecule has 0 aromatic carbocycles. The Morgan fingerprint density at radius 2 is 1.38 bits per heavy atom. The number of fused-ring (bicyclic) bond motifs is 7. The van der Waals surface area contributed by atoms with Crippen molar-refractivity contribution < 1.29 is 9.90 Å². The summed E-state index contributed by atoms with van der Waals surface area (Å²) in [6.45, 7) is 18.5. The Kier molecular flexibility index (Phi) is 5.90. The van der Waals surface area contributed by atoms with Crippen LogP contribution in [0.5, 0.6) is 0 Å². The van der Waals surface area contributed by atoms with Crippen molar-refractivity contribution in [2.45, 2.75) is 132 Å². The van der Waals surface area contributed by atoms with Crippen LogP contribution in [0.1, 0.15) is 132 Å². The number of carboxylic acid groups (broad SMARTS) is 1. The van der Waals surface area contributed by atoms with Crippen molar-refractivity contribution in [3.8, 4) is 0 Å². The SMILES string of the molecule is C[C@@H](CCC(=O)O)[C@H]1CC[C@]2(C)[C@H]3CC[C@@H]4[C@@]5(C)CCCC(C)(C)[C@H]5CC[C@@]4(C)[C@]3(C)CC[C@@H]12. The van der Waals surface area contributed by atoms with Crippen molar-refractivity contribution in [1.29, 1.82) is 0 Å². The summed E-state index contributed by atoms with van der Waals surface area (Å²) in [6, 6.07) is 0. The molecule has 0 amide bonds. The van der Waals surface area contributed by atoms with Crippen LogP contribution in [0.4, 0.5) is 0 Å². The molecule has 0 aliphatic heterocycles. The second kappa shape index (κ2) is 7.98. The minimum absolute atomic E-state index is 0.345. The van der Waals surface area contributed by atoms with Gasteiger partial charge in [-0.05, 0) is 133 Å². The number of carbonyl (C=O) groups is 1. The molecular formula is C32H54O2. The summed E-state index contributed by atoms with van der Waals surface area (Å²) in [7, 11) is 0. The molecule has 34 heavy (non-hydrogen) atoms. The van der Waals surface area contributed by atoms with Gasteiger partial charge in [0.05, 0.1) is 0 Å². The van der Waals surface area contributed by atoms with Crippen LogP contribution in [0, 0.1) is 62.6 Å². The summed E-state index contributed by atoms with van der Waals surface area (Å²) in [6.07, 6.45) is 16.9. The van der Waals surface area contributed by atoms with E-state index in [9.17, 15) is 9.90 Å². The molecule has 0 spiro atoms.